The second-order valence-electron chi connectivity index (χ2n) is 4.44. The minimum atomic E-state index is -0.290. The fourth-order valence-corrected chi connectivity index (χ4v) is 3.11. The molecule has 92 valence electrons. The molecule has 0 radical (unpaired) electrons. The highest BCUT2D eigenvalue weighted by Crippen LogP contribution is 2.28. The van der Waals surface area contributed by atoms with E-state index in [4.69, 9.17) is 4.74 Å². The molecule has 1 saturated heterocycles. The molecular formula is C11H20N2O2S. The van der Waals surface area contributed by atoms with Crippen LogP contribution in [0.5, 0.6) is 0 Å². The lowest BCUT2D eigenvalue weighted by molar-refractivity contribution is -0.134. The number of hydrogen-bond acceptors (Lipinski definition) is 4. The van der Waals surface area contributed by atoms with Gasteiger partial charge in [-0.3, -0.25) is 4.79 Å². The zero-order valence-corrected chi connectivity index (χ0v) is 10.5. The molecule has 2 rings (SSSR count). The number of carbonyl (C=O) groups excluding carboxylic acids is 1. The van der Waals surface area contributed by atoms with Crippen molar-refractivity contribution in [3.8, 4) is 0 Å². The van der Waals surface area contributed by atoms with Crippen LogP contribution >= 0.6 is 11.8 Å². The van der Waals surface area contributed by atoms with E-state index in [1.54, 1.807) is 0 Å². The summed E-state index contributed by atoms with van der Waals surface area (Å²) in [7, 11) is 0. The van der Waals surface area contributed by atoms with Crippen molar-refractivity contribution in [1.29, 1.82) is 0 Å². The van der Waals surface area contributed by atoms with E-state index < -0.39 is 0 Å². The topological polar surface area (TPSA) is 50.4 Å². The summed E-state index contributed by atoms with van der Waals surface area (Å²) in [6.45, 7) is 2.13. The van der Waals surface area contributed by atoms with Crippen molar-refractivity contribution in [3.63, 3.8) is 0 Å². The first-order chi connectivity index (χ1) is 7.79. The number of nitrogens with one attached hydrogen (secondary N) is 2. The molecule has 0 aromatic heterocycles. The van der Waals surface area contributed by atoms with Crippen molar-refractivity contribution in [2.45, 2.75) is 36.7 Å². The van der Waals surface area contributed by atoms with Gasteiger partial charge in [0.2, 0.25) is 0 Å². The highest BCUT2D eigenvalue weighted by atomic mass is 32.2. The van der Waals surface area contributed by atoms with Gasteiger partial charge >= 0.3 is 0 Å². The third-order valence-electron chi connectivity index (χ3n) is 3.28. The third kappa shape index (κ3) is 3.12. The van der Waals surface area contributed by atoms with Gasteiger partial charge in [-0.05, 0) is 25.5 Å². The van der Waals surface area contributed by atoms with E-state index in [0.717, 1.165) is 24.6 Å². The summed E-state index contributed by atoms with van der Waals surface area (Å²) < 4.78 is 5.42. The highest BCUT2D eigenvalue weighted by molar-refractivity contribution is 7.99. The fourth-order valence-electron chi connectivity index (χ4n) is 2.31. The largest absolute Gasteiger partial charge is 0.366 e. The van der Waals surface area contributed by atoms with Gasteiger partial charge in [-0.15, -0.1) is 0 Å². The highest BCUT2D eigenvalue weighted by Gasteiger charge is 2.28. The maximum absolute atomic E-state index is 11.9. The number of carbonyl (C=O) groups is 1. The smallest absolute Gasteiger partial charge is 0.250 e. The van der Waals surface area contributed by atoms with E-state index in [0.29, 0.717) is 19.2 Å². The quantitative estimate of drug-likeness (QED) is 0.753. The number of thioether (sulfide) groups is 1. The van der Waals surface area contributed by atoms with E-state index in [9.17, 15) is 4.79 Å². The normalized spacial score (nSPS) is 34.9. The summed E-state index contributed by atoms with van der Waals surface area (Å²) in [6, 6.07) is 0.357. The van der Waals surface area contributed by atoms with Crippen molar-refractivity contribution >= 4 is 17.7 Å². The minimum absolute atomic E-state index is 0.0546. The van der Waals surface area contributed by atoms with Crippen molar-refractivity contribution < 1.29 is 9.53 Å². The molecule has 0 bridgehead atoms. The Kier molecular flexibility index (Phi) is 4.49. The SMILES string of the molecule is CSC1CCC(NC(=O)C2CNCCO2)C1. The molecule has 4 nitrogen and oxygen atoms in total. The predicted octanol–water partition coefficient (Wildman–Crippen LogP) is 0.375. The van der Waals surface area contributed by atoms with Crippen LogP contribution in [0.1, 0.15) is 19.3 Å². The van der Waals surface area contributed by atoms with Gasteiger partial charge in [0.15, 0.2) is 0 Å². The van der Waals surface area contributed by atoms with Gasteiger partial charge in [0.1, 0.15) is 6.10 Å². The van der Waals surface area contributed by atoms with Crippen LogP contribution < -0.4 is 10.6 Å². The summed E-state index contributed by atoms with van der Waals surface area (Å²) in [4.78, 5) is 11.9. The van der Waals surface area contributed by atoms with Crippen LogP contribution in [0.3, 0.4) is 0 Å². The Balaban J connectivity index is 1.74. The Bertz CT molecular complexity index is 244. The fraction of sp³-hybridized carbons (Fsp3) is 0.909. The van der Waals surface area contributed by atoms with Crippen LogP contribution in [0.25, 0.3) is 0 Å². The zero-order valence-electron chi connectivity index (χ0n) is 9.70. The first-order valence-electron chi connectivity index (χ1n) is 5.95. The second-order valence-corrected chi connectivity index (χ2v) is 5.58. The van der Waals surface area contributed by atoms with Crippen molar-refractivity contribution in [2.24, 2.45) is 0 Å². The Morgan fingerprint density at radius 2 is 2.38 bits per heavy atom. The molecular weight excluding hydrogens is 224 g/mol. The lowest BCUT2D eigenvalue weighted by Gasteiger charge is -2.24. The van der Waals surface area contributed by atoms with Gasteiger partial charge in [-0.25, -0.2) is 0 Å². The molecule has 1 amide bonds. The van der Waals surface area contributed by atoms with Gasteiger partial charge < -0.3 is 15.4 Å². The first-order valence-corrected chi connectivity index (χ1v) is 7.24. The summed E-state index contributed by atoms with van der Waals surface area (Å²) in [5, 5.41) is 6.98. The third-order valence-corrected chi connectivity index (χ3v) is 4.38. The van der Waals surface area contributed by atoms with Gasteiger partial charge in [0, 0.05) is 24.4 Å². The maximum Gasteiger partial charge on any atom is 0.250 e. The van der Waals surface area contributed by atoms with E-state index in [1.165, 1.54) is 6.42 Å². The van der Waals surface area contributed by atoms with Gasteiger partial charge in [-0.1, -0.05) is 0 Å². The number of amides is 1. The Morgan fingerprint density at radius 1 is 1.50 bits per heavy atom. The molecule has 5 heteroatoms. The molecule has 1 aliphatic heterocycles. The number of hydrogen-bond donors (Lipinski definition) is 2. The van der Waals surface area contributed by atoms with E-state index >= 15 is 0 Å². The standard InChI is InChI=1S/C11H20N2O2S/c1-16-9-3-2-8(6-9)13-11(14)10-7-12-4-5-15-10/h8-10,12H,2-7H2,1H3,(H,13,14). The van der Waals surface area contributed by atoms with Gasteiger partial charge in [0.25, 0.3) is 5.91 Å². The minimum Gasteiger partial charge on any atom is -0.366 e. The van der Waals surface area contributed by atoms with E-state index in [1.807, 2.05) is 11.8 Å². The summed E-state index contributed by atoms with van der Waals surface area (Å²) in [5.41, 5.74) is 0. The van der Waals surface area contributed by atoms with Gasteiger partial charge in [-0.2, -0.15) is 11.8 Å². The average Bonchev–Trinajstić information content (AvgIpc) is 2.78. The second kappa shape index (κ2) is 5.89. The average molecular weight is 244 g/mol. The van der Waals surface area contributed by atoms with Crippen LogP contribution in [-0.2, 0) is 9.53 Å². The monoisotopic (exact) mass is 244 g/mol. The van der Waals surface area contributed by atoms with Gasteiger partial charge in [0.05, 0.1) is 6.61 Å². The molecule has 0 aromatic rings. The molecule has 3 atom stereocenters. The van der Waals surface area contributed by atoms with E-state index in [-0.39, 0.29) is 12.0 Å². The van der Waals surface area contributed by atoms with Crippen LogP contribution in [0.4, 0.5) is 0 Å². The predicted molar refractivity (Wildman–Crippen MR) is 65.7 cm³/mol. The van der Waals surface area contributed by atoms with Crippen molar-refractivity contribution in [2.75, 3.05) is 26.0 Å². The number of ether oxygens (including phenoxy) is 1. The van der Waals surface area contributed by atoms with Crippen LogP contribution in [0.2, 0.25) is 0 Å². The molecule has 0 aromatic carbocycles. The molecule has 3 unspecified atom stereocenters. The van der Waals surface area contributed by atoms with Crippen molar-refractivity contribution in [1.82, 2.24) is 10.6 Å². The first kappa shape index (κ1) is 12.2. The zero-order chi connectivity index (χ0) is 11.4. The molecule has 0 spiro atoms. The van der Waals surface area contributed by atoms with Crippen LogP contribution in [-0.4, -0.2) is 49.3 Å². The Hall–Kier alpha value is -0.260. The summed E-state index contributed by atoms with van der Waals surface area (Å²) >= 11 is 1.90. The summed E-state index contributed by atoms with van der Waals surface area (Å²) in [5.74, 6) is 0.0546. The number of morpholine rings is 1. The lowest BCUT2D eigenvalue weighted by Crippen LogP contribution is -2.49. The summed E-state index contributed by atoms with van der Waals surface area (Å²) in [6.07, 6.45) is 5.28. The maximum atomic E-state index is 11.9. The molecule has 2 fully saturated rings. The van der Waals surface area contributed by atoms with Crippen LogP contribution in [0, 0.1) is 0 Å². The van der Waals surface area contributed by atoms with E-state index in [2.05, 4.69) is 16.9 Å². The van der Waals surface area contributed by atoms with Crippen LogP contribution in [0.15, 0.2) is 0 Å². The van der Waals surface area contributed by atoms with Crippen molar-refractivity contribution in [3.05, 3.63) is 0 Å². The molecule has 16 heavy (non-hydrogen) atoms. The Labute approximate surface area is 101 Å². The Morgan fingerprint density at radius 3 is 3.00 bits per heavy atom. The number of rotatable bonds is 3. The molecule has 1 aliphatic carbocycles. The molecule has 2 N–H and O–H groups in total. The lowest BCUT2D eigenvalue weighted by atomic mass is 10.2. The molecule has 2 aliphatic rings. The molecule has 1 saturated carbocycles. The molecule has 1 heterocycles.